The summed E-state index contributed by atoms with van der Waals surface area (Å²) < 4.78 is 0.856. The van der Waals surface area contributed by atoms with Gasteiger partial charge in [-0.2, -0.15) is 0 Å². The number of amides is 1. The Morgan fingerprint density at radius 1 is 1.16 bits per heavy atom. The highest BCUT2D eigenvalue weighted by molar-refractivity contribution is 9.10. The van der Waals surface area contributed by atoms with Crippen LogP contribution in [0.1, 0.15) is 21.5 Å². The lowest BCUT2D eigenvalue weighted by Gasteiger charge is -2.07. The minimum absolute atomic E-state index is 0.0653. The summed E-state index contributed by atoms with van der Waals surface area (Å²) in [4.78, 5) is 23.9. The largest absolute Gasteiger partial charge is 0.325 e. The number of carbonyl (C=O) groups is 2. The molecular formula is C15H10BrNO2. The van der Waals surface area contributed by atoms with Crippen LogP contribution in [0.2, 0.25) is 0 Å². The molecule has 0 fully saturated rings. The Bertz CT molecular complexity index is 694. The van der Waals surface area contributed by atoms with Gasteiger partial charge in [-0.3, -0.25) is 9.59 Å². The van der Waals surface area contributed by atoms with Crippen molar-refractivity contribution in [3.63, 3.8) is 0 Å². The highest BCUT2D eigenvalue weighted by atomic mass is 79.9. The molecule has 0 radical (unpaired) electrons. The third kappa shape index (κ3) is 2.19. The molecule has 0 unspecified atom stereocenters. The molecule has 0 spiro atoms. The second-order valence-electron chi connectivity index (χ2n) is 4.40. The molecule has 3 nitrogen and oxygen atoms in total. The van der Waals surface area contributed by atoms with E-state index in [0.717, 1.165) is 10.0 Å². The smallest absolute Gasteiger partial charge is 0.228 e. The summed E-state index contributed by atoms with van der Waals surface area (Å²) in [7, 11) is 0. The first kappa shape index (κ1) is 12.1. The van der Waals surface area contributed by atoms with Crippen LogP contribution >= 0.6 is 15.9 Å². The Hall–Kier alpha value is -1.94. The van der Waals surface area contributed by atoms with Gasteiger partial charge in [0, 0.05) is 15.6 Å². The van der Waals surface area contributed by atoms with E-state index in [4.69, 9.17) is 0 Å². The van der Waals surface area contributed by atoms with Crippen molar-refractivity contribution in [2.45, 2.75) is 6.42 Å². The molecule has 1 heterocycles. The van der Waals surface area contributed by atoms with Gasteiger partial charge in [-0.1, -0.05) is 40.2 Å². The number of hydrogen-bond donors (Lipinski definition) is 1. The van der Waals surface area contributed by atoms with Gasteiger partial charge in [0.2, 0.25) is 5.91 Å². The molecule has 0 saturated heterocycles. The van der Waals surface area contributed by atoms with E-state index in [2.05, 4.69) is 21.2 Å². The number of anilines is 1. The SMILES string of the molecule is O=C1Cc2cccc(C(=O)c3cccc(Br)c3)c2N1. The minimum atomic E-state index is -0.0830. The molecule has 1 aliphatic rings. The van der Waals surface area contributed by atoms with Crippen molar-refractivity contribution in [3.8, 4) is 0 Å². The zero-order valence-electron chi connectivity index (χ0n) is 9.94. The second-order valence-corrected chi connectivity index (χ2v) is 5.32. The first-order chi connectivity index (χ1) is 9.15. The van der Waals surface area contributed by atoms with Crippen molar-refractivity contribution >= 4 is 33.3 Å². The highest BCUT2D eigenvalue weighted by Gasteiger charge is 2.23. The summed E-state index contributed by atoms with van der Waals surface area (Å²) in [5.74, 6) is -0.148. The van der Waals surface area contributed by atoms with E-state index in [0.29, 0.717) is 23.2 Å². The Labute approximate surface area is 118 Å². The van der Waals surface area contributed by atoms with Gasteiger partial charge in [0.1, 0.15) is 0 Å². The molecule has 0 aliphatic carbocycles. The van der Waals surface area contributed by atoms with Crippen LogP contribution < -0.4 is 5.32 Å². The lowest BCUT2D eigenvalue weighted by atomic mass is 9.99. The maximum absolute atomic E-state index is 12.5. The number of nitrogens with one attached hydrogen (secondary N) is 1. The summed E-state index contributed by atoms with van der Waals surface area (Å²) in [5, 5.41) is 2.76. The van der Waals surface area contributed by atoms with Crippen molar-refractivity contribution < 1.29 is 9.59 Å². The van der Waals surface area contributed by atoms with Crippen molar-refractivity contribution in [1.29, 1.82) is 0 Å². The number of benzene rings is 2. The molecule has 2 aromatic carbocycles. The number of carbonyl (C=O) groups excluding carboxylic acids is 2. The van der Waals surface area contributed by atoms with E-state index in [-0.39, 0.29) is 11.7 Å². The number of halogens is 1. The van der Waals surface area contributed by atoms with Gasteiger partial charge in [0.15, 0.2) is 5.78 Å². The molecule has 19 heavy (non-hydrogen) atoms. The second kappa shape index (κ2) is 4.63. The molecule has 1 N–H and O–H groups in total. The third-order valence-electron chi connectivity index (χ3n) is 3.10. The highest BCUT2D eigenvalue weighted by Crippen LogP contribution is 2.29. The normalized spacial score (nSPS) is 13.0. The maximum Gasteiger partial charge on any atom is 0.228 e. The molecule has 94 valence electrons. The van der Waals surface area contributed by atoms with Crippen molar-refractivity contribution in [2.24, 2.45) is 0 Å². The molecule has 3 rings (SSSR count). The van der Waals surface area contributed by atoms with Crippen LogP contribution in [0.5, 0.6) is 0 Å². The summed E-state index contributed by atoms with van der Waals surface area (Å²) in [6, 6.07) is 12.7. The summed E-state index contributed by atoms with van der Waals surface area (Å²) in [6.07, 6.45) is 0.342. The van der Waals surface area contributed by atoms with Crippen LogP contribution in [0.4, 0.5) is 5.69 Å². The quantitative estimate of drug-likeness (QED) is 0.865. The lowest BCUT2D eigenvalue weighted by molar-refractivity contribution is -0.115. The molecular weight excluding hydrogens is 306 g/mol. The third-order valence-corrected chi connectivity index (χ3v) is 3.59. The van der Waals surface area contributed by atoms with Crippen molar-refractivity contribution in [1.82, 2.24) is 0 Å². The fourth-order valence-corrected chi connectivity index (χ4v) is 2.63. The van der Waals surface area contributed by atoms with Gasteiger partial charge >= 0.3 is 0 Å². The van der Waals surface area contributed by atoms with E-state index < -0.39 is 0 Å². The monoisotopic (exact) mass is 315 g/mol. The fourth-order valence-electron chi connectivity index (χ4n) is 2.23. The Kier molecular flexibility index (Phi) is 2.95. The molecule has 4 heteroatoms. The molecule has 0 bridgehead atoms. The van der Waals surface area contributed by atoms with Gasteiger partial charge in [-0.05, 0) is 23.8 Å². The maximum atomic E-state index is 12.5. The number of rotatable bonds is 2. The standard InChI is InChI=1S/C15H10BrNO2/c16-11-5-1-4-10(7-11)15(19)12-6-2-3-9-8-13(18)17-14(9)12/h1-7H,8H2,(H,17,18). The zero-order valence-corrected chi connectivity index (χ0v) is 11.5. The fraction of sp³-hybridized carbons (Fsp3) is 0.0667. The van der Waals surface area contributed by atoms with E-state index in [1.807, 2.05) is 24.3 Å². The van der Waals surface area contributed by atoms with Crippen LogP contribution in [-0.2, 0) is 11.2 Å². The van der Waals surface area contributed by atoms with Gasteiger partial charge < -0.3 is 5.32 Å². The van der Waals surface area contributed by atoms with E-state index in [1.165, 1.54) is 0 Å². The predicted molar refractivity (Wildman–Crippen MR) is 76.4 cm³/mol. The van der Waals surface area contributed by atoms with Crippen LogP contribution in [0.25, 0.3) is 0 Å². The molecule has 0 atom stereocenters. The number of hydrogen-bond acceptors (Lipinski definition) is 2. The first-order valence-electron chi connectivity index (χ1n) is 5.87. The van der Waals surface area contributed by atoms with Crippen LogP contribution in [0.3, 0.4) is 0 Å². The molecule has 1 aliphatic heterocycles. The summed E-state index contributed by atoms with van der Waals surface area (Å²) >= 11 is 3.35. The van der Waals surface area contributed by atoms with Gasteiger partial charge in [0.05, 0.1) is 12.1 Å². The molecule has 2 aromatic rings. The predicted octanol–water partition coefficient (Wildman–Crippen LogP) is 3.17. The molecule has 1 amide bonds. The minimum Gasteiger partial charge on any atom is -0.325 e. The lowest BCUT2D eigenvalue weighted by Crippen LogP contribution is -2.08. The van der Waals surface area contributed by atoms with Gasteiger partial charge in [0.25, 0.3) is 0 Å². The number of ketones is 1. The van der Waals surface area contributed by atoms with Crippen molar-refractivity contribution in [3.05, 3.63) is 63.6 Å². The topological polar surface area (TPSA) is 46.2 Å². The van der Waals surface area contributed by atoms with Crippen LogP contribution in [0.15, 0.2) is 46.9 Å². The Morgan fingerprint density at radius 2 is 1.95 bits per heavy atom. The number of para-hydroxylation sites is 1. The van der Waals surface area contributed by atoms with Crippen LogP contribution in [-0.4, -0.2) is 11.7 Å². The van der Waals surface area contributed by atoms with E-state index in [1.54, 1.807) is 18.2 Å². The van der Waals surface area contributed by atoms with Gasteiger partial charge in [-0.25, -0.2) is 0 Å². The van der Waals surface area contributed by atoms with E-state index >= 15 is 0 Å². The Balaban J connectivity index is 2.07. The number of fused-ring (bicyclic) bond motifs is 1. The summed E-state index contributed by atoms with van der Waals surface area (Å²) in [5.41, 5.74) is 2.67. The van der Waals surface area contributed by atoms with E-state index in [9.17, 15) is 9.59 Å². The average molecular weight is 316 g/mol. The van der Waals surface area contributed by atoms with Crippen molar-refractivity contribution in [2.75, 3.05) is 5.32 Å². The average Bonchev–Trinajstić information content (AvgIpc) is 2.77. The Morgan fingerprint density at radius 3 is 2.74 bits per heavy atom. The molecule has 0 saturated carbocycles. The zero-order chi connectivity index (χ0) is 13.4. The van der Waals surface area contributed by atoms with Gasteiger partial charge in [-0.15, -0.1) is 0 Å². The molecule has 0 aromatic heterocycles. The summed E-state index contributed by atoms with van der Waals surface area (Å²) in [6.45, 7) is 0. The first-order valence-corrected chi connectivity index (χ1v) is 6.66. The van der Waals surface area contributed by atoms with Crippen LogP contribution in [0, 0.1) is 0 Å².